The molecule has 1 saturated heterocycles. The summed E-state index contributed by atoms with van der Waals surface area (Å²) < 4.78 is 5.25. The minimum atomic E-state index is 0.344. The van der Waals surface area contributed by atoms with Gasteiger partial charge >= 0.3 is 0 Å². The molecule has 1 unspecified atom stereocenters. The van der Waals surface area contributed by atoms with E-state index in [0.29, 0.717) is 40.7 Å². The summed E-state index contributed by atoms with van der Waals surface area (Å²) in [6.07, 6.45) is 7.78. The molecule has 1 aromatic carbocycles. The van der Waals surface area contributed by atoms with Crippen LogP contribution in [-0.4, -0.2) is 59.2 Å². The molecule has 3 rings (SSSR count). The van der Waals surface area contributed by atoms with Gasteiger partial charge in [0.15, 0.2) is 0 Å². The minimum Gasteiger partial charge on any atom is -0.495 e. The standard InChI is InChI=1S/C24H38ClN7O/c1-5-7-9-17(8-6-2)26-22-29-23(27-18-12-14-32(3)15-13-18)31-24(30-22)28-19-10-11-21(33-4)20(25)16-19/h10-11,16-18H,5-9,12-15H2,1-4H3,(H3,26,27,28,29,30,31). The van der Waals surface area contributed by atoms with Crippen molar-refractivity contribution in [3.63, 3.8) is 0 Å². The molecule has 0 saturated carbocycles. The number of nitrogens with zero attached hydrogens (tertiary/aromatic N) is 4. The minimum absolute atomic E-state index is 0.344. The fraction of sp³-hybridized carbons (Fsp3) is 0.625. The van der Waals surface area contributed by atoms with Gasteiger partial charge in [-0.3, -0.25) is 0 Å². The third-order valence-corrected chi connectivity index (χ3v) is 6.27. The van der Waals surface area contributed by atoms with E-state index in [0.717, 1.165) is 50.9 Å². The number of methoxy groups -OCH3 is 1. The molecule has 1 atom stereocenters. The summed E-state index contributed by atoms with van der Waals surface area (Å²) in [5.41, 5.74) is 0.791. The van der Waals surface area contributed by atoms with E-state index >= 15 is 0 Å². The summed E-state index contributed by atoms with van der Waals surface area (Å²) in [4.78, 5) is 16.4. The molecule has 0 amide bonds. The second-order valence-electron chi connectivity index (χ2n) is 8.77. The molecule has 1 aromatic heterocycles. The topological polar surface area (TPSA) is 87.2 Å². The maximum Gasteiger partial charge on any atom is 0.233 e. The molecule has 9 heteroatoms. The number of rotatable bonds is 12. The zero-order chi connectivity index (χ0) is 23.6. The first-order valence-electron chi connectivity index (χ1n) is 12.1. The Morgan fingerprint density at radius 3 is 2.45 bits per heavy atom. The van der Waals surface area contributed by atoms with Gasteiger partial charge in [0.1, 0.15) is 5.75 Å². The summed E-state index contributed by atoms with van der Waals surface area (Å²) in [7, 11) is 3.76. The molecule has 8 nitrogen and oxygen atoms in total. The van der Waals surface area contributed by atoms with Gasteiger partial charge in [0, 0.05) is 17.8 Å². The van der Waals surface area contributed by atoms with Gasteiger partial charge in [-0.15, -0.1) is 0 Å². The Kier molecular flexibility index (Phi) is 9.81. The lowest BCUT2D eigenvalue weighted by Gasteiger charge is -2.29. The second-order valence-corrected chi connectivity index (χ2v) is 9.18. The molecule has 0 radical (unpaired) electrons. The Bertz CT molecular complexity index is 874. The van der Waals surface area contributed by atoms with Crippen molar-refractivity contribution in [2.45, 2.75) is 70.9 Å². The SMILES string of the molecule is CCCCC(CCC)Nc1nc(Nc2ccc(OC)c(Cl)c2)nc(NC2CCN(C)CC2)n1. The fourth-order valence-corrected chi connectivity index (χ4v) is 4.30. The highest BCUT2D eigenvalue weighted by Gasteiger charge is 2.19. The molecule has 33 heavy (non-hydrogen) atoms. The van der Waals surface area contributed by atoms with Gasteiger partial charge in [-0.25, -0.2) is 0 Å². The highest BCUT2D eigenvalue weighted by Crippen LogP contribution is 2.28. The Balaban J connectivity index is 1.82. The molecule has 1 aliphatic heterocycles. The van der Waals surface area contributed by atoms with Crippen molar-refractivity contribution in [2.24, 2.45) is 0 Å². The van der Waals surface area contributed by atoms with Gasteiger partial charge in [-0.1, -0.05) is 44.7 Å². The van der Waals surface area contributed by atoms with Gasteiger partial charge < -0.3 is 25.6 Å². The van der Waals surface area contributed by atoms with Crippen LogP contribution in [0.25, 0.3) is 0 Å². The van der Waals surface area contributed by atoms with Crippen LogP contribution < -0.4 is 20.7 Å². The van der Waals surface area contributed by atoms with Crippen molar-refractivity contribution < 1.29 is 4.74 Å². The summed E-state index contributed by atoms with van der Waals surface area (Å²) in [6.45, 7) is 6.57. The van der Waals surface area contributed by atoms with Gasteiger partial charge in [-0.2, -0.15) is 15.0 Å². The van der Waals surface area contributed by atoms with E-state index in [1.54, 1.807) is 7.11 Å². The molecule has 0 spiro atoms. The van der Waals surface area contributed by atoms with Crippen molar-refractivity contribution in [3.05, 3.63) is 23.2 Å². The Morgan fingerprint density at radius 2 is 1.79 bits per heavy atom. The zero-order valence-electron chi connectivity index (χ0n) is 20.3. The highest BCUT2D eigenvalue weighted by molar-refractivity contribution is 6.32. The number of piperidine rings is 1. The summed E-state index contributed by atoms with van der Waals surface area (Å²) in [5.74, 6) is 2.30. The molecule has 2 heterocycles. The second kappa shape index (κ2) is 12.8. The third kappa shape index (κ3) is 7.89. The number of hydrogen-bond acceptors (Lipinski definition) is 8. The molecule has 1 fully saturated rings. The fourth-order valence-electron chi connectivity index (χ4n) is 4.04. The van der Waals surface area contributed by atoms with E-state index in [2.05, 4.69) is 51.7 Å². The van der Waals surface area contributed by atoms with Crippen molar-refractivity contribution >= 4 is 35.1 Å². The first-order valence-corrected chi connectivity index (χ1v) is 12.5. The molecule has 0 bridgehead atoms. The Hall–Kier alpha value is -2.32. The van der Waals surface area contributed by atoms with E-state index < -0.39 is 0 Å². The van der Waals surface area contributed by atoms with Crippen LogP contribution in [0.15, 0.2) is 18.2 Å². The maximum absolute atomic E-state index is 6.30. The van der Waals surface area contributed by atoms with E-state index in [9.17, 15) is 0 Å². The summed E-state index contributed by atoms with van der Waals surface area (Å²) in [6, 6.07) is 6.23. The molecule has 3 N–H and O–H groups in total. The molecular weight excluding hydrogens is 438 g/mol. The van der Waals surface area contributed by atoms with Gasteiger partial charge in [0.25, 0.3) is 0 Å². The van der Waals surface area contributed by atoms with Crippen LogP contribution in [0, 0.1) is 0 Å². The summed E-state index contributed by atoms with van der Waals surface area (Å²) >= 11 is 6.30. The van der Waals surface area contributed by atoms with Gasteiger partial charge in [-0.05, 0) is 64.0 Å². The lowest BCUT2D eigenvalue weighted by atomic mass is 10.1. The van der Waals surface area contributed by atoms with Gasteiger partial charge in [0.2, 0.25) is 17.8 Å². The summed E-state index contributed by atoms with van der Waals surface area (Å²) in [5, 5.41) is 10.9. The Morgan fingerprint density at radius 1 is 1.06 bits per heavy atom. The average Bonchev–Trinajstić information content (AvgIpc) is 2.79. The Labute approximate surface area is 202 Å². The number of halogens is 1. The van der Waals surface area contributed by atoms with Crippen molar-refractivity contribution in [1.82, 2.24) is 19.9 Å². The quantitative estimate of drug-likeness (QED) is 0.368. The number of anilines is 4. The number of aromatic nitrogens is 3. The molecule has 182 valence electrons. The van der Waals surface area contributed by atoms with Crippen LogP contribution in [0.2, 0.25) is 5.02 Å². The normalized spacial score (nSPS) is 15.8. The van der Waals surface area contributed by atoms with Gasteiger partial charge in [0.05, 0.1) is 12.1 Å². The smallest absolute Gasteiger partial charge is 0.233 e. The number of nitrogens with one attached hydrogen (secondary N) is 3. The van der Waals surface area contributed by atoms with E-state index in [4.69, 9.17) is 21.3 Å². The number of ether oxygens (including phenoxy) is 1. The lowest BCUT2D eigenvalue weighted by Crippen LogP contribution is -2.37. The number of benzene rings is 1. The highest BCUT2D eigenvalue weighted by atomic mass is 35.5. The molecule has 1 aliphatic rings. The van der Waals surface area contributed by atoms with Crippen LogP contribution in [0.4, 0.5) is 23.5 Å². The monoisotopic (exact) mass is 475 g/mol. The third-order valence-electron chi connectivity index (χ3n) is 5.97. The van der Waals surface area contributed by atoms with Crippen LogP contribution in [0.3, 0.4) is 0 Å². The largest absolute Gasteiger partial charge is 0.495 e. The van der Waals surface area contributed by atoms with Crippen molar-refractivity contribution in [1.29, 1.82) is 0 Å². The lowest BCUT2D eigenvalue weighted by molar-refractivity contribution is 0.263. The van der Waals surface area contributed by atoms with Crippen molar-refractivity contribution in [2.75, 3.05) is 43.2 Å². The van der Waals surface area contributed by atoms with Crippen LogP contribution in [-0.2, 0) is 0 Å². The van der Waals surface area contributed by atoms with Crippen LogP contribution >= 0.6 is 11.6 Å². The molecule has 0 aliphatic carbocycles. The first kappa shape index (κ1) is 25.3. The predicted molar refractivity (Wildman–Crippen MR) is 137 cm³/mol. The number of hydrogen-bond donors (Lipinski definition) is 3. The molecule has 2 aromatic rings. The average molecular weight is 476 g/mol. The predicted octanol–water partition coefficient (Wildman–Crippen LogP) is 5.55. The van der Waals surface area contributed by atoms with Crippen LogP contribution in [0.1, 0.15) is 58.8 Å². The van der Waals surface area contributed by atoms with Crippen molar-refractivity contribution in [3.8, 4) is 5.75 Å². The maximum atomic E-state index is 6.30. The number of unbranched alkanes of at least 4 members (excludes halogenated alkanes) is 1. The zero-order valence-corrected chi connectivity index (χ0v) is 21.1. The van der Waals surface area contributed by atoms with E-state index in [-0.39, 0.29) is 0 Å². The number of likely N-dealkylation sites (tertiary alicyclic amines) is 1. The van der Waals surface area contributed by atoms with Crippen LogP contribution in [0.5, 0.6) is 5.75 Å². The van der Waals surface area contributed by atoms with E-state index in [1.807, 2.05) is 18.2 Å². The molecular formula is C24H38ClN7O. The first-order chi connectivity index (χ1) is 16.0. The van der Waals surface area contributed by atoms with E-state index in [1.165, 1.54) is 12.8 Å².